The van der Waals surface area contributed by atoms with Crippen LogP contribution in [0.4, 0.5) is 0 Å². The Kier molecular flexibility index (Phi) is 5.99. The Morgan fingerprint density at radius 1 is 1.21 bits per heavy atom. The largest absolute Gasteiger partial charge is 0.508 e. The van der Waals surface area contributed by atoms with Crippen molar-refractivity contribution in [2.45, 2.75) is 44.7 Å². The van der Waals surface area contributed by atoms with Gasteiger partial charge in [-0.3, -0.25) is 9.69 Å². The molecular formula is C21H29N5O3. The molecule has 0 spiro atoms. The molecule has 0 aliphatic carbocycles. The van der Waals surface area contributed by atoms with E-state index in [1.54, 1.807) is 25.4 Å². The van der Waals surface area contributed by atoms with E-state index >= 15 is 0 Å². The van der Waals surface area contributed by atoms with Crippen LogP contribution in [-0.2, 0) is 6.54 Å². The number of phenolic OH excluding ortho intramolecular Hbond substituents is 1. The number of aromatic nitrogens is 3. The summed E-state index contributed by atoms with van der Waals surface area (Å²) >= 11 is 0. The van der Waals surface area contributed by atoms with E-state index in [-0.39, 0.29) is 17.7 Å². The maximum absolute atomic E-state index is 12.7. The molecule has 2 aliphatic heterocycles. The van der Waals surface area contributed by atoms with Gasteiger partial charge < -0.3 is 14.7 Å². The summed E-state index contributed by atoms with van der Waals surface area (Å²) in [7, 11) is 1.63. The summed E-state index contributed by atoms with van der Waals surface area (Å²) in [5.74, 6) is 1.01. The molecule has 4 rings (SSSR count). The maximum Gasteiger partial charge on any atom is 0.276 e. The minimum absolute atomic E-state index is 0.00933. The van der Waals surface area contributed by atoms with Crippen LogP contribution in [-0.4, -0.2) is 69.1 Å². The lowest BCUT2D eigenvalue weighted by Crippen LogP contribution is -2.36. The van der Waals surface area contributed by atoms with E-state index in [1.165, 1.54) is 6.42 Å². The molecule has 29 heavy (non-hydrogen) atoms. The molecule has 156 valence electrons. The van der Waals surface area contributed by atoms with Crippen LogP contribution < -0.4 is 4.74 Å². The number of likely N-dealkylation sites (tertiary alicyclic amines) is 2. The van der Waals surface area contributed by atoms with Crippen molar-refractivity contribution in [2.24, 2.45) is 0 Å². The van der Waals surface area contributed by atoms with E-state index in [9.17, 15) is 9.90 Å². The number of hydrogen-bond donors (Lipinski definition) is 1. The Hall–Kier alpha value is -2.61. The van der Waals surface area contributed by atoms with Gasteiger partial charge in [0.25, 0.3) is 5.91 Å². The first-order valence-electron chi connectivity index (χ1n) is 10.4. The van der Waals surface area contributed by atoms with E-state index in [1.807, 2.05) is 15.6 Å². The first kappa shape index (κ1) is 19.7. The Balaban J connectivity index is 1.41. The molecular weight excluding hydrogens is 370 g/mol. The SMILES string of the molecule is COc1ccc(O)c(CN2CCC[C@@H](n3cc(C(=O)N4CCCCC4)nn3)C2)c1. The lowest BCUT2D eigenvalue weighted by Gasteiger charge is -2.32. The number of ether oxygens (including phenoxy) is 1. The van der Waals surface area contributed by atoms with E-state index in [0.717, 1.165) is 63.2 Å². The van der Waals surface area contributed by atoms with E-state index in [0.29, 0.717) is 12.2 Å². The smallest absolute Gasteiger partial charge is 0.276 e. The number of carbonyl (C=O) groups excluding carboxylic acids is 1. The van der Waals surface area contributed by atoms with Gasteiger partial charge in [-0.2, -0.15) is 0 Å². The second-order valence-corrected chi connectivity index (χ2v) is 7.96. The van der Waals surface area contributed by atoms with Crippen LogP contribution in [0.5, 0.6) is 11.5 Å². The zero-order chi connectivity index (χ0) is 20.2. The van der Waals surface area contributed by atoms with Crippen molar-refractivity contribution in [3.63, 3.8) is 0 Å². The zero-order valence-electron chi connectivity index (χ0n) is 17.0. The topological polar surface area (TPSA) is 83.7 Å². The van der Waals surface area contributed by atoms with E-state index < -0.39 is 0 Å². The molecule has 8 nitrogen and oxygen atoms in total. The van der Waals surface area contributed by atoms with E-state index in [4.69, 9.17) is 4.74 Å². The second-order valence-electron chi connectivity index (χ2n) is 7.96. The van der Waals surface area contributed by atoms with Gasteiger partial charge in [0.15, 0.2) is 5.69 Å². The minimum atomic E-state index is -0.00933. The number of piperidine rings is 2. The van der Waals surface area contributed by atoms with Gasteiger partial charge in [-0.1, -0.05) is 5.21 Å². The molecule has 1 N–H and O–H groups in total. The average Bonchev–Trinajstić information content (AvgIpc) is 3.26. The van der Waals surface area contributed by atoms with Crippen molar-refractivity contribution >= 4 is 5.91 Å². The fourth-order valence-corrected chi connectivity index (χ4v) is 4.26. The van der Waals surface area contributed by atoms with Crippen molar-refractivity contribution in [2.75, 3.05) is 33.3 Å². The number of carbonyl (C=O) groups is 1. The van der Waals surface area contributed by atoms with Gasteiger partial charge >= 0.3 is 0 Å². The molecule has 1 atom stereocenters. The Morgan fingerprint density at radius 2 is 2.03 bits per heavy atom. The van der Waals surface area contributed by atoms with Crippen LogP contribution in [0.15, 0.2) is 24.4 Å². The Bertz CT molecular complexity index is 847. The maximum atomic E-state index is 12.7. The van der Waals surface area contributed by atoms with Gasteiger partial charge in [-0.25, -0.2) is 4.68 Å². The van der Waals surface area contributed by atoms with Crippen molar-refractivity contribution in [1.82, 2.24) is 24.8 Å². The first-order chi connectivity index (χ1) is 14.1. The predicted octanol–water partition coefficient (Wildman–Crippen LogP) is 2.46. The molecule has 2 fully saturated rings. The number of nitrogens with zero attached hydrogens (tertiary/aromatic N) is 5. The Morgan fingerprint density at radius 3 is 2.83 bits per heavy atom. The summed E-state index contributed by atoms with van der Waals surface area (Å²) in [5, 5.41) is 18.6. The standard InChI is InChI=1S/C21H29N5O3/c1-29-18-7-8-20(27)16(12-18)13-24-9-5-6-17(14-24)26-15-19(22-23-26)21(28)25-10-3-2-4-11-25/h7-8,12,15,17,27H,2-6,9-11,13-14H2,1H3/t17-/m1/s1. The van der Waals surface area contributed by atoms with Gasteiger partial charge in [-0.05, 0) is 56.8 Å². The van der Waals surface area contributed by atoms with Gasteiger partial charge in [0.05, 0.1) is 19.3 Å². The lowest BCUT2D eigenvalue weighted by atomic mass is 10.0. The van der Waals surface area contributed by atoms with Crippen LogP contribution >= 0.6 is 0 Å². The highest BCUT2D eigenvalue weighted by Crippen LogP contribution is 2.27. The van der Waals surface area contributed by atoms with Gasteiger partial charge in [0, 0.05) is 31.7 Å². The van der Waals surface area contributed by atoms with Crippen molar-refractivity contribution < 1.29 is 14.6 Å². The summed E-state index contributed by atoms with van der Waals surface area (Å²) in [6, 6.07) is 5.48. The van der Waals surface area contributed by atoms with Crippen LogP contribution in [0.3, 0.4) is 0 Å². The zero-order valence-corrected chi connectivity index (χ0v) is 17.0. The molecule has 1 aromatic heterocycles. The molecule has 2 aromatic rings. The van der Waals surface area contributed by atoms with Crippen LogP contribution in [0.2, 0.25) is 0 Å². The summed E-state index contributed by atoms with van der Waals surface area (Å²) in [4.78, 5) is 16.8. The number of amides is 1. The molecule has 0 saturated carbocycles. The van der Waals surface area contributed by atoms with Crippen LogP contribution in [0.25, 0.3) is 0 Å². The summed E-state index contributed by atoms with van der Waals surface area (Å²) in [5.41, 5.74) is 1.29. The highest BCUT2D eigenvalue weighted by atomic mass is 16.5. The highest BCUT2D eigenvalue weighted by molar-refractivity contribution is 5.91. The third kappa shape index (κ3) is 4.53. The van der Waals surface area contributed by atoms with Crippen LogP contribution in [0, 0.1) is 0 Å². The summed E-state index contributed by atoms with van der Waals surface area (Å²) < 4.78 is 7.12. The summed E-state index contributed by atoms with van der Waals surface area (Å²) in [6.45, 7) is 4.03. The van der Waals surface area contributed by atoms with E-state index in [2.05, 4.69) is 15.2 Å². The number of phenols is 1. The Labute approximate surface area is 171 Å². The van der Waals surface area contributed by atoms with Crippen molar-refractivity contribution in [3.05, 3.63) is 35.7 Å². The number of benzene rings is 1. The number of hydrogen-bond acceptors (Lipinski definition) is 6. The monoisotopic (exact) mass is 399 g/mol. The molecule has 8 heteroatoms. The number of aromatic hydroxyl groups is 1. The minimum Gasteiger partial charge on any atom is -0.508 e. The number of rotatable bonds is 5. The first-order valence-corrected chi connectivity index (χ1v) is 10.4. The van der Waals surface area contributed by atoms with Gasteiger partial charge in [0.1, 0.15) is 11.5 Å². The molecule has 2 aliphatic rings. The number of methoxy groups -OCH3 is 1. The molecule has 0 radical (unpaired) electrons. The fourth-order valence-electron chi connectivity index (χ4n) is 4.26. The molecule has 1 amide bonds. The fraction of sp³-hybridized carbons (Fsp3) is 0.571. The van der Waals surface area contributed by atoms with Crippen molar-refractivity contribution in [1.29, 1.82) is 0 Å². The molecule has 2 saturated heterocycles. The lowest BCUT2D eigenvalue weighted by molar-refractivity contribution is 0.0718. The summed E-state index contributed by atoms with van der Waals surface area (Å²) in [6.07, 6.45) is 7.15. The third-order valence-corrected chi connectivity index (χ3v) is 5.91. The highest BCUT2D eigenvalue weighted by Gasteiger charge is 2.26. The predicted molar refractivity (Wildman–Crippen MR) is 108 cm³/mol. The molecule has 0 bridgehead atoms. The van der Waals surface area contributed by atoms with Crippen LogP contribution in [0.1, 0.15) is 54.2 Å². The molecule has 1 aromatic carbocycles. The normalized spacial score (nSPS) is 20.6. The van der Waals surface area contributed by atoms with Gasteiger partial charge in [0.2, 0.25) is 0 Å². The third-order valence-electron chi connectivity index (χ3n) is 5.91. The van der Waals surface area contributed by atoms with Crippen molar-refractivity contribution in [3.8, 4) is 11.5 Å². The average molecular weight is 399 g/mol. The molecule has 0 unspecified atom stereocenters. The second kappa shape index (κ2) is 8.82. The quantitative estimate of drug-likeness (QED) is 0.832. The van der Waals surface area contributed by atoms with Gasteiger partial charge in [-0.15, -0.1) is 5.10 Å². The molecule has 3 heterocycles.